The van der Waals surface area contributed by atoms with E-state index in [0.717, 1.165) is 10.9 Å². The topological polar surface area (TPSA) is 38.7 Å². The SMILES string of the molecule is CCCOC1C(O)CC1Oc1ccc(Br)cc1Cl. The Balaban J connectivity index is 1.96. The van der Waals surface area contributed by atoms with Crippen LogP contribution in [-0.4, -0.2) is 30.0 Å². The number of hydrogen-bond donors (Lipinski definition) is 1. The van der Waals surface area contributed by atoms with Crippen LogP contribution in [-0.2, 0) is 4.74 Å². The number of rotatable bonds is 5. The van der Waals surface area contributed by atoms with Crippen LogP contribution in [0.4, 0.5) is 0 Å². The fourth-order valence-corrected chi connectivity index (χ4v) is 2.60. The van der Waals surface area contributed by atoms with E-state index in [0.29, 0.717) is 23.8 Å². The molecule has 1 aromatic rings. The summed E-state index contributed by atoms with van der Waals surface area (Å²) in [5, 5.41) is 10.2. The van der Waals surface area contributed by atoms with Gasteiger partial charge in [-0.3, -0.25) is 0 Å². The van der Waals surface area contributed by atoms with Crippen molar-refractivity contribution in [2.24, 2.45) is 0 Å². The number of aliphatic hydroxyl groups is 1. The molecule has 0 aliphatic heterocycles. The van der Waals surface area contributed by atoms with Crippen molar-refractivity contribution >= 4 is 27.5 Å². The molecule has 3 atom stereocenters. The standard InChI is InChI=1S/C13H16BrClO3/c1-2-5-17-13-10(16)7-12(13)18-11-4-3-8(14)6-9(11)15/h3-4,6,10,12-13,16H,2,5,7H2,1H3. The summed E-state index contributed by atoms with van der Waals surface area (Å²) >= 11 is 9.43. The minimum Gasteiger partial charge on any atom is -0.486 e. The first-order valence-electron chi connectivity index (χ1n) is 6.03. The van der Waals surface area contributed by atoms with E-state index in [9.17, 15) is 5.11 Å². The largest absolute Gasteiger partial charge is 0.486 e. The molecule has 0 radical (unpaired) electrons. The Morgan fingerprint density at radius 2 is 2.28 bits per heavy atom. The van der Waals surface area contributed by atoms with Crippen molar-refractivity contribution in [3.8, 4) is 5.75 Å². The van der Waals surface area contributed by atoms with E-state index in [2.05, 4.69) is 15.9 Å². The monoisotopic (exact) mass is 334 g/mol. The van der Waals surface area contributed by atoms with Crippen molar-refractivity contribution in [2.45, 2.75) is 38.1 Å². The summed E-state index contributed by atoms with van der Waals surface area (Å²) in [7, 11) is 0. The third kappa shape index (κ3) is 3.18. The smallest absolute Gasteiger partial charge is 0.138 e. The molecular formula is C13H16BrClO3. The van der Waals surface area contributed by atoms with E-state index in [4.69, 9.17) is 21.1 Å². The molecule has 1 N–H and O–H groups in total. The normalized spacial score (nSPS) is 26.8. The molecule has 0 spiro atoms. The highest BCUT2D eigenvalue weighted by molar-refractivity contribution is 9.10. The van der Waals surface area contributed by atoms with E-state index in [1.807, 2.05) is 19.1 Å². The van der Waals surface area contributed by atoms with Gasteiger partial charge in [0.2, 0.25) is 0 Å². The lowest BCUT2D eigenvalue weighted by Gasteiger charge is -2.40. The van der Waals surface area contributed by atoms with Gasteiger partial charge in [0.15, 0.2) is 0 Å². The van der Waals surface area contributed by atoms with Crippen LogP contribution in [0.15, 0.2) is 22.7 Å². The third-order valence-corrected chi connectivity index (χ3v) is 3.69. The van der Waals surface area contributed by atoms with Crippen molar-refractivity contribution < 1.29 is 14.6 Å². The van der Waals surface area contributed by atoms with Gasteiger partial charge in [-0.2, -0.15) is 0 Å². The molecule has 1 saturated carbocycles. The highest BCUT2D eigenvalue weighted by Gasteiger charge is 2.43. The van der Waals surface area contributed by atoms with Crippen LogP contribution in [0.1, 0.15) is 19.8 Å². The zero-order valence-electron chi connectivity index (χ0n) is 10.1. The van der Waals surface area contributed by atoms with Gasteiger partial charge in [0.25, 0.3) is 0 Å². The predicted octanol–water partition coefficient (Wildman–Crippen LogP) is 3.41. The van der Waals surface area contributed by atoms with Gasteiger partial charge in [-0.05, 0) is 24.6 Å². The van der Waals surface area contributed by atoms with E-state index < -0.39 is 6.10 Å². The first-order valence-corrected chi connectivity index (χ1v) is 7.20. The Kier molecular flexibility index (Phi) is 4.90. The lowest BCUT2D eigenvalue weighted by molar-refractivity contribution is -0.162. The summed E-state index contributed by atoms with van der Waals surface area (Å²) in [6.07, 6.45) is 0.709. The molecular weight excluding hydrogens is 319 g/mol. The highest BCUT2D eigenvalue weighted by Crippen LogP contribution is 2.34. The van der Waals surface area contributed by atoms with Crippen LogP contribution < -0.4 is 4.74 Å². The second kappa shape index (κ2) is 6.24. The van der Waals surface area contributed by atoms with Gasteiger partial charge in [0, 0.05) is 17.5 Å². The van der Waals surface area contributed by atoms with Gasteiger partial charge in [-0.1, -0.05) is 34.5 Å². The molecule has 0 saturated heterocycles. The Morgan fingerprint density at radius 1 is 1.50 bits per heavy atom. The van der Waals surface area contributed by atoms with E-state index in [1.165, 1.54) is 0 Å². The molecule has 18 heavy (non-hydrogen) atoms. The van der Waals surface area contributed by atoms with Gasteiger partial charge < -0.3 is 14.6 Å². The molecule has 0 heterocycles. The van der Waals surface area contributed by atoms with Crippen molar-refractivity contribution in [1.82, 2.24) is 0 Å². The Morgan fingerprint density at radius 3 is 2.89 bits per heavy atom. The average Bonchev–Trinajstić information content (AvgIpc) is 2.32. The van der Waals surface area contributed by atoms with Gasteiger partial charge in [-0.25, -0.2) is 0 Å². The van der Waals surface area contributed by atoms with Gasteiger partial charge in [0.05, 0.1) is 11.1 Å². The Hall–Kier alpha value is -0.290. The number of halogens is 2. The number of aliphatic hydroxyl groups excluding tert-OH is 1. The summed E-state index contributed by atoms with van der Waals surface area (Å²) in [6.45, 7) is 2.67. The minimum absolute atomic E-state index is 0.120. The van der Waals surface area contributed by atoms with E-state index in [1.54, 1.807) is 6.07 Å². The summed E-state index contributed by atoms with van der Waals surface area (Å²) in [5.41, 5.74) is 0. The molecule has 1 fully saturated rings. The first-order chi connectivity index (χ1) is 8.61. The molecule has 1 aliphatic rings. The third-order valence-electron chi connectivity index (χ3n) is 2.91. The van der Waals surface area contributed by atoms with E-state index in [-0.39, 0.29) is 12.2 Å². The molecule has 0 amide bonds. The van der Waals surface area contributed by atoms with Gasteiger partial charge >= 0.3 is 0 Å². The molecule has 0 bridgehead atoms. The van der Waals surface area contributed by atoms with Crippen LogP contribution in [0.2, 0.25) is 5.02 Å². The molecule has 3 nitrogen and oxygen atoms in total. The highest BCUT2D eigenvalue weighted by atomic mass is 79.9. The number of hydrogen-bond acceptors (Lipinski definition) is 3. The minimum atomic E-state index is -0.434. The Labute approximate surface area is 120 Å². The Bertz CT molecular complexity index is 413. The molecule has 5 heteroatoms. The quantitative estimate of drug-likeness (QED) is 0.896. The van der Waals surface area contributed by atoms with Crippen LogP contribution >= 0.6 is 27.5 Å². The molecule has 2 rings (SSSR count). The zero-order chi connectivity index (χ0) is 13.1. The maximum Gasteiger partial charge on any atom is 0.138 e. The maximum atomic E-state index is 9.65. The van der Waals surface area contributed by atoms with Crippen molar-refractivity contribution in [3.63, 3.8) is 0 Å². The maximum absolute atomic E-state index is 9.65. The molecule has 1 aromatic carbocycles. The van der Waals surface area contributed by atoms with Crippen LogP contribution in [0.25, 0.3) is 0 Å². The molecule has 0 aromatic heterocycles. The van der Waals surface area contributed by atoms with Crippen LogP contribution in [0.3, 0.4) is 0 Å². The lowest BCUT2D eigenvalue weighted by Crippen LogP contribution is -2.55. The number of ether oxygens (including phenoxy) is 2. The molecule has 1 aliphatic carbocycles. The first kappa shape index (κ1) is 14.1. The zero-order valence-corrected chi connectivity index (χ0v) is 12.4. The van der Waals surface area contributed by atoms with Gasteiger partial charge in [0.1, 0.15) is 18.0 Å². The fraction of sp³-hybridized carbons (Fsp3) is 0.538. The second-order valence-electron chi connectivity index (χ2n) is 4.37. The second-order valence-corrected chi connectivity index (χ2v) is 5.69. The van der Waals surface area contributed by atoms with Crippen LogP contribution in [0, 0.1) is 0 Å². The van der Waals surface area contributed by atoms with Crippen molar-refractivity contribution in [3.05, 3.63) is 27.7 Å². The molecule has 3 unspecified atom stereocenters. The van der Waals surface area contributed by atoms with Crippen LogP contribution in [0.5, 0.6) is 5.75 Å². The summed E-state index contributed by atoms with van der Waals surface area (Å²) in [4.78, 5) is 0. The number of benzene rings is 1. The predicted molar refractivity (Wildman–Crippen MR) is 74.2 cm³/mol. The average molecular weight is 336 g/mol. The summed E-state index contributed by atoms with van der Waals surface area (Å²) in [6, 6.07) is 5.47. The van der Waals surface area contributed by atoms with E-state index >= 15 is 0 Å². The van der Waals surface area contributed by atoms with Crippen molar-refractivity contribution in [2.75, 3.05) is 6.61 Å². The van der Waals surface area contributed by atoms with Crippen molar-refractivity contribution in [1.29, 1.82) is 0 Å². The summed E-state index contributed by atoms with van der Waals surface area (Å²) in [5.74, 6) is 0.627. The van der Waals surface area contributed by atoms with Gasteiger partial charge in [-0.15, -0.1) is 0 Å². The summed E-state index contributed by atoms with van der Waals surface area (Å²) < 4.78 is 12.2. The lowest BCUT2D eigenvalue weighted by atomic mass is 9.88. The fourth-order valence-electron chi connectivity index (χ4n) is 1.88. The molecule has 100 valence electrons.